The lowest BCUT2D eigenvalue weighted by molar-refractivity contribution is 0.0528. The predicted molar refractivity (Wildman–Crippen MR) is 86.5 cm³/mol. The minimum absolute atomic E-state index is 0.420. The molecular weight excluding hydrogens is 302 g/mol. The van der Waals surface area contributed by atoms with Gasteiger partial charge in [-0.25, -0.2) is 9.78 Å². The molecule has 0 aliphatic heterocycles. The molecule has 1 N–H and O–H groups in total. The lowest BCUT2D eigenvalue weighted by atomic mass is 10.2. The molecule has 0 bridgehead atoms. The lowest BCUT2D eigenvalue weighted by Gasteiger charge is -2.19. The zero-order valence-corrected chi connectivity index (χ0v) is 13.7. The summed E-state index contributed by atoms with van der Waals surface area (Å²) in [5.74, 6) is 0. The zero-order valence-electron chi connectivity index (χ0n) is 13.0. The molecule has 0 saturated heterocycles. The van der Waals surface area contributed by atoms with Crippen molar-refractivity contribution in [2.24, 2.45) is 0 Å². The fraction of sp³-hybridized carbons (Fsp3) is 0.375. The van der Waals surface area contributed by atoms with Gasteiger partial charge >= 0.3 is 6.09 Å². The van der Waals surface area contributed by atoms with Crippen molar-refractivity contribution in [2.45, 2.75) is 32.8 Å². The average Bonchev–Trinajstić information content (AvgIpc) is 2.85. The highest BCUT2D eigenvalue weighted by Crippen LogP contribution is 2.21. The van der Waals surface area contributed by atoms with Gasteiger partial charge in [-0.05, 0) is 32.9 Å². The monoisotopic (exact) mass is 321 g/mol. The van der Waals surface area contributed by atoms with Gasteiger partial charge < -0.3 is 14.6 Å². The fourth-order valence-electron chi connectivity index (χ4n) is 1.98. The van der Waals surface area contributed by atoms with Crippen LogP contribution in [0.3, 0.4) is 0 Å². The van der Waals surface area contributed by atoms with Gasteiger partial charge in [0.15, 0.2) is 0 Å². The number of carbonyl (C=O) groups excluding carboxylic acids is 1. The van der Waals surface area contributed by atoms with Crippen LogP contribution in [0.4, 0.5) is 4.79 Å². The summed E-state index contributed by atoms with van der Waals surface area (Å²) in [5, 5.41) is 3.39. The van der Waals surface area contributed by atoms with E-state index in [0.29, 0.717) is 18.0 Å². The Morgan fingerprint density at radius 3 is 2.77 bits per heavy atom. The number of imidazole rings is 1. The summed E-state index contributed by atoms with van der Waals surface area (Å²) in [7, 11) is 0. The Balaban J connectivity index is 1.97. The third-order valence-corrected chi connectivity index (χ3v) is 3.20. The van der Waals surface area contributed by atoms with Gasteiger partial charge in [0.05, 0.1) is 17.0 Å². The maximum atomic E-state index is 11.6. The van der Waals surface area contributed by atoms with Crippen molar-refractivity contribution in [2.75, 3.05) is 6.54 Å². The summed E-state index contributed by atoms with van der Waals surface area (Å²) >= 11 is 6.21. The molecule has 1 amide bonds. The van der Waals surface area contributed by atoms with E-state index in [-0.39, 0.29) is 0 Å². The van der Waals surface area contributed by atoms with Crippen LogP contribution in [0.2, 0.25) is 5.02 Å². The molecule has 0 unspecified atom stereocenters. The molecule has 5 nitrogen and oxygen atoms in total. The first-order valence-electron chi connectivity index (χ1n) is 7.10. The number of ether oxygens (including phenoxy) is 1. The summed E-state index contributed by atoms with van der Waals surface area (Å²) < 4.78 is 7.11. The molecule has 2 rings (SSSR count). The second-order valence-corrected chi connectivity index (χ2v) is 6.29. The first kappa shape index (κ1) is 16.4. The number of halogens is 1. The predicted octanol–water partition coefficient (Wildman–Crippen LogP) is 3.59. The normalized spacial score (nSPS) is 11.3. The number of hydrogen-bond acceptors (Lipinski definition) is 3. The van der Waals surface area contributed by atoms with Gasteiger partial charge in [0, 0.05) is 24.9 Å². The molecule has 22 heavy (non-hydrogen) atoms. The first-order valence-corrected chi connectivity index (χ1v) is 7.47. The van der Waals surface area contributed by atoms with Crippen LogP contribution in [0, 0.1) is 0 Å². The van der Waals surface area contributed by atoms with Crippen LogP contribution in [0.25, 0.3) is 5.69 Å². The van der Waals surface area contributed by atoms with Gasteiger partial charge in [0.1, 0.15) is 5.60 Å². The first-order chi connectivity index (χ1) is 10.4. The van der Waals surface area contributed by atoms with Crippen molar-refractivity contribution in [3.63, 3.8) is 0 Å². The number of carbonyl (C=O) groups is 1. The van der Waals surface area contributed by atoms with Crippen molar-refractivity contribution in [1.82, 2.24) is 14.9 Å². The molecule has 0 fully saturated rings. The molecule has 0 radical (unpaired) electrons. The van der Waals surface area contributed by atoms with Crippen LogP contribution in [0.15, 0.2) is 36.8 Å². The van der Waals surface area contributed by atoms with Crippen LogP contribution < -0.4 is 5.32 Å². The minimum atomic E-state index is -0.497. The second-order valence-electron chi connectivity index (χ2n) is 5.89. The largest absolute Gasteiger partial charge is 0.444 e. The topological polar surface area (TPSA) is 56.1 Å². The molecule has 6 heteroatoms. The smallest absolute Gasteiger partial charge is 0.407 e. The van der Waals surface area contributed by atoms with Gasteiger partial charge in [-0.15, -0.1) is 0 Å². The number of amides is 1. The number of benzene rings is 1. The van der Waals surface area contributed by atoms with Crippen molar-refractivity contribution < 1.29 is 9.53 Å². The van der Waals surface area contributed by atoms with E-state index in [1.165, 1.54) is 0 Å². The Labute approximate surface area is 135 Å². The highest BCUT2D eigenvalue weighted by atomic mass is 35.5. The lowest BCUT2D eigenvalue weighted by Crippen LogP contribution is -2.33. The summed E-state index contributed by atoms with van der Waals surface area (Å²) in [5.41, 5.74) is 1.33. The molecule has 2 aromatic rings. The number of alkyl carbamates (subject to hydrolysis) is 1. The molecule has 0 saturated carbocycles. The van der Waals surface area contributed by atoms with E-state index in [1.807, 2.05) is 49.6 Å². The Kier molecular flexibility index (Phi) is 5.08. The summed E-state index contributed by atoms with van der Waals surface area (Å²) in [6.45, 7) is 5.96. The van der Waals surface area contributed by atoms with Crippen LogP contribution in [-0.2, 0) is 11.2 Å². The Hall–Kier alpha value is -2.01. The highest BCUT2D eigenvalue weighted by Gasteiger charge is 2.15. The molecule has 1 heterocycles. The van der Waals surface area contributed by atoms with Crippen molar-refractivity contribution in [3.05, 3.63) is 47.5 Å². The molecule has 1 aromatic heterocycles. The zero-order chi connectivity index (χ0) is 16.2. The molecule has 1 aromatic carbocycles. The van der Waals surface area contributed by atoms with Gasteiger partial charge in [-0.3, -0.25) is 0 Å². The van der Waals surface area contributed by atoms with Crippen LogP contribution >= 0.6 is 11.6 Å². The number of nitrogens with one attached hydrogen (secondary N) is 1. The molecule has 118 valence electrons. The summed E-state index contributed by atoms with van der Waals surface area (Å²) in [6, 6.07) is 7.56. The molecule has 0 aliphatic carbocycles. The standard InChI is InChI=1S/C16H20ClN3O2/c1-16(2,3)22-15(21)19-9-8-12-10-18-11-20(12)14-7-5-4-6-13(14)17/h4-7,10-11H,8-9H2,1-3H3,(H,19,21). The van der Waals surface area contributed by atoms with Crippen molar-refractivity contribution >= 4 is 17.7 Å². The van der Waals surface area contributed by atoms with Crippen molar-refractivity contribution in [3.8, 4) is 5.69 Å². The van der Waals surface area contributed by atoms with E-state index in [4.69, 9.17) is 16.3 Å². The number of hydrogen-bond donors (Lipinski definition) is 1. The maximum absolute atomic E-state index is 11.6. The maximum Gasteiger partial charge on any atom is 0.407 e. The van der Waals surface area contributed by atoms with Gasteiger partial charge in [0.25, 0.3) is 0 Å². The van der Waals surface area contributed by atoms with Gasteiger partial charge in [-0.2, -0.15) is 0 Å². The number of rotatable bonds is 4. The minimum Gasteiger partial charge on any atom is -0.444 e. The molecule has 0 atom stereocenters. The Morgan fingerprint density at radius 1 is 1.36 bits per heavy atom. The Morgan fingerprint density at radius 2 is 2.09 bits per heavy atom. The van der Waals surface area contributed by atoms with E-state index < -0.39 is 11.7 Å². The Bertz CT molecular complexity index is 647. The van der Waals surface area contributed by atoms with Crippen LogP contribution in [0.5, 0.6) is 0 Å². The summed E-state index contributed by atoms with van der Waals surface area (Å²) in [4.78, 5) is 15.8. The summed E-state index contributed by atoms with van der Waals surface area (Å²) in [6.07, 6.45) is 3.69. The van der Waals surface area contributed by atoms with Crippen molar-refractivity contribution in [1.29, 1.82) is 0 Å². The third-order valence-electron chi connectivity index (χ3n) is 2.88. The SMILES string of the molecule is CC(C)(C)OC(=O)NCCc1cncn1-c1ccccc1Cl. The van der Waals surface area contributed by atoms with Gasteiger partial charge in [0.2, 0.25) is 0 Å². The second kappa shape index (κ2) is 6.83. The van der Waals surface area contributed by atoms with E-state index >= 15 is 0 Å². The van der Waals surface area contributed by atoms with E-state index in [9.17, 15) is 4.79 Å². The number of para-hydroxylation sites is 1. The van der Waals surface area contributed by atoms with Crippen LogP contribution in [0.1, 0.15) is 26.5 Å². The van der Waals surface area contributed by atoms with E-state index in [0.717, 1.165) is 11.4 Å². The van der Waals surface area contributed by atoms with E-state index in [1.54, 1.807) is 12.5 Å². The molecular formula is C16H20ClN3O2. The number of aromatic nitrogens is 2. The van der Waals surface area contributed by atoms with Gasteiger partial charge in [-0.1, -0.05) is 23.7 Å². The molecule has 0 spiro atoms. The highest BCUT2D eigenvalue weighted by molar-refractivity contribution is 6.32. The fourth-order valence-corrected chi connectivity index (χ4v) is 2.21. The van der Waals surface area contributed by atoms with E-state index in [2.05, 4.69) is 10.3 Å². The average molecular weight is 322 g/mol. The third kappa shape index (κ3) is 4.49. The molecule has 0 aliphatic rings. The number of nitrogens with zero attached hydrogens (tertiary/aromatic N) is 2. The van der Waals surface area contributed by atoms with Crippen LogP contribution in [-0.4, -0.2) is 27.8 Å². The quantitative estimate of drug-likeness (QED) is 0.936.